The number of hydrogen-bond donors (Lipinski definition) is 1. The van der Waals surface area contributed by atoms with Crippen molar-refractivity contribution in [1.29, 1.82) is 0 Å². The third-order valence-corrected chi connectivity index (χ3v) is 9.02. The van der Waals surface area contributed by atoms with E-state index in [1.54, 1.807) is 31.0 Å². The normalized spacial score (nSPS) is 18.1. The van der Waals surface area contributed by atoms with Crippen molar-refractivity contribution in [2.45, 2.75) is 24.2 Å². The summed E-state index contributed by atoms with van der Waals surface area (Å²) in [5.74, 6) is 0.829. The van der Waals surface area contributed by atoms with E-state index in [0.29, 0.717) is 41.8 Å². The summed E-state index contributed by atoms with van der Waals surface area (Å²) in [6, 6.07) is 21.1. The van der Waals surface area contributed by atoms with Gasteiger partial charge in [0.2, 0.25) is 11.8 Å². The van der Waals surface area contributed by atoms with E-state index in [1.807, 2.05) is 48.5 Å². The topological polar surface area (TPSA) is 94.9 Å². The zero-order chi connectivity index (χ0) is 30.6. The zero-order valence-corrected chi connectivity index (χ0v) is 25.3. The summed E-state index contributed by atoms with van der Waals surface area (Å²) in [6.45, 7) is 0.834. The van der Waals surface area contributed by atoms with Gasteiger partial charge in [0, 0.05) is 29.8 Å². The van der Waals surface area contributed by atoms with Crippen LogP contribution in [0.4, 0.5) is 10.2 Å². The van der Waals surface area contributed by atoms with Gasteiger partial charge in [-0.15, -0.1) is 11.8 Å². The average molecular weight is 617 g/mol. The lowest BCUT2D eigenvalue weighted by atomic mass is 9.98. The minimum atomic E-state index is -0.427. The van der Waals surface area contributed by atoms with Crippen molar-refractivity contribution in [3.05, 3.63) is 89.7 Å². The molecule has 2 aliphatic heterocycles. The lowest BCUT2D eigenvalue weighted by molar-refractivity contribution is -0.123. The highest BCUT2D eigenvalue weighted by atomic mass is 32.2. The Bertz CT molecular complexity index is 1640. The van der Waals surface area contributed by atoms with Gasteiger partial charge in [0.05, 0.1) is 42.7 Å². The van der Waals surface area contributed by atoms with Gasteiger partial charge in [0.15, 0.2) is 0 Å². The van der Waals surface area contributed by atoms with Crippen LogP contribution in [0.1, 0.15) is 29.2 Å². The van der Waals surface area contributed by atoms with Crippen LogP contribution in [-0.4, -0.2) is 67.4 Å². The molecule has 1 fully saturated rings. The molecule has 0 saturated carbocycles. The minimum absolute atomic E-state index is 0.0377. The van der Waals surface area contributed by atoms with E-state index in [4.69, 9.17) is 19.3 Å². The van der Waals surface area contributed by atoms with Crippen molar-refractivity contribution in [3.8, 4) is 28.4 Å². The van der Waals surface area contributed by atoms with Gasteiger partial charge in [-0.05, 0) is 55.3 Å². The Kier molecular flexibility index (Phi) is 8.85. The fraction of sp³-hybridized carbons (Fsp3) is 0.303. The van der Waals surface area contributed by atoms with Crippen LogP contribution in [0.5, 0.6) is 11.5 Å². The van der Waals surface area contributed by atoms with E-state index >= 15 is 0 Å². The Labute approximate surface area is 259 Å². The first kappa shape index (κ1) is 29.7. The van der Waals surface area contributed by atoms with Crippen LogP contribution in [0.3, 0.4) is 0 Å². The zero-order valence-electron chi connectivity index (χ0n) is 24.5. The van der Waals surface area contributed by atoms with E-state index in [9.17, 15) is 14.0 Å². The quantitative estimate of drug-likeness (QED) is 0.278. The largest absolute Gasteiger partial charge is 0.497 e. The lowest BCUT2D eigenvalue weighted by Gasteiger charge is -2.24. The first-order chi connectivity index (χ1) is 21.5. The van der Waals surface area contributed by atoms with Gasteiger partial charge in [0.25, 0.3) is 0 Å². The monoisotopic (exact) mass is 616 g/mol. The summed E-state index contributed by atoms with van der Waals surface area (Å²) >= 11 is 1.43. The van der Waals surface area contributed by atoms with Crippen molar-refractivity contribution < 1.29 is 28.2 Å². The summed E-state index contributed by atoms with van der Waals surface area (Å²) < 4.78 is 32.7. The van der Waals surface area contributed by atoms with Crippen LogP contribution in [0.2, 0.25) is 0 Å². The molecule has 228 valence electrons. The fourth-order valence-electron chi connectivity index (χ4n) is 5.61. The molecule has 6 rings (SSSR count). The van der Waals surface area contributed by atoms with Gasteiger partial charge in [-0.2, -0.15) is 5.10 Å². The molecule has 4 aromatic rings. The van der Waals surface area contributed by atoms with Crippen molar-refractivity contribution >= 4 is 29.4 Å². The van der Waals surface area contributed by atoms with Crippen molar-refractivity contribution in [2.24, 2.45) is 0 Å². The minimum Gasteiger partial charge on any atom is -0.497 e. The number of nitrogens with zero attached hydrogens (tertiary/aromatic N) is 3. The molecular formula is C33H33FN4O5S. The standard InChI is InChI=1S/C33H33FN4O5S/c1-41-24-14-15-27(42-2)26(17-24)32-30-31(21-7-4-3-5-8-21)36-38(23-12-10-22(34)11-13-23)33(30)37(29(40)20-44-32)19-28(39)35-18-25-9-6-16-43-25/h3-5,7-8,10-15,17,25,32H,6,9,16,18-20H2,1-2H3,(H,35,39). The number of ether oxygens (including phenoxy) is 3. The molecule has 2 amide bonds. The summed E-state index contributed by atoms with van der Waals surface area (Å²) in [5, 5.41) is 7.56. The number of thioether (sulfide) groups is 1. The van der Waals surface area contributed by atoms with E-state index in [-0.39, 0.29) is 30.2 Å². The van der Waals surface area contributed by atoms with Crippen LogP contribution in [0.25, 0.3) is 16.9 Å². The van der Waals surface area contributed by atoms with Gasteiger partial charge in [-0.25, -0.2) is 9.07 Å². The van der Waals surface area contributed by atoms with Gasteiger partial charge < -0.3 is 19.5 Å². The fourth-order valence-corrected chi connectivity index (χ4v) is 6.83. The second-order valence-electron chi connectivity index (χ2n) is 10.6. The number of fused-ring (bicyclic) bond motifs is 1. The molecule has 3 aromatic carbocycles. The summed E-state index contributed by atoms with van der Waals surface area (Å²) in [4.78, 5) is 28.8. The highest BCUT2D eigenvalue weighted by Gasteiger charge is 2.39. The van der Waals surface area contributed by atoms with Crippen LogP contribution >= 0.6 is 11.8 Å². The predicted octanol–water partition coefficient (Wildman–Crippen LogP) is 5.16. The smallest absolute Gasteiger partial charge is 0.240 e. The summed E-state index contributed by atoms with van der Waals surface area (Å²) in [5.41, 5.74) is 3.54. The molecule has 1 saturated heterocycles. The molecular weight excluding hydrogens is 583 g/mol. The molecule has 2 aliphatic rings. The first-order valence-electron chi connectivity index (χ1n) is 14.4. The predicted molar refractivity (Wildman–Crippen MR) is 167 cm³/mol. The van der Waals surface area contributed by atoms with E-state index < -0.39 is 11.1 Å². The molecule has 9 nitrogen and oxygen atoms in total. The molecule has 3 heterocycles. The molecule has 1 aromatic heterocycles. The van der Waals surface area contributed by atoms with Gasteiger partial charge in [-0.1, -0.05) is 30.3 Å². The summed E-state index contributed by atoms with van der Waals surface area (Å²) in [7, 11) is 3.20. The maximum absolute atomic E-state index is 14.1. The van der Waals surface area contributed by atoms with Gasteiger partial charge in [0.1, 0.15) is 29.7 Å². The van der Waals surface area contributed by atoms with Gasteiger partial charge >= 0.3 is 0 Å². The van der Waals surface area contributed by atoms with Crippen molar-refractivity contribution in [1.82, 2.24) is 15.1 Å². The molecule has 0 spiro atoms. The Morgan fingerprint density at radius 3 is 2.59 bits per heavy atom. The molecule has 0 aliphatic carbocycles. The molecule has 2 unspecified atom stereocenters. The molecule has 11 heteroatoms. The third kappa shape index (κ3) is 6.02. The SMILES string of the molecule is COc1ccc(OC)c(C2SCC(=O)N(CC(=O)NCC3CCCO3)c3c2c(-c2ccccc2)nn3-c2ccc(F)cc2)c1. The first-order valence-corrected chi connectivity index (χ1v) is 15.5. The number of aromatic nitrogens is 2. The number of amides is 2. The number of anilines is 1. The van der Waals surface area contributed by atoms with Gasteiger partial charge in [-0.3, -0.25) is 14.5 Å². The number of hydrogen-bond acceptors (Lipinski definition) is 7. The summed E-state index contributed by atoms with van der Waals surface area (Å²) in [6.07, 6.45) is 1.80. The van der Waals surface area contributed by atoms with Crippen molar-refractivity contribution in [3.63, 3.8) is 0 Å². The number of rotatable bonds is 9. The van der Waals surface area contributed by atoms with Crippen LogP contribution in [0.15, 0.2) is 72.8 Å². The second kappa shape index (κ2) is 13.1. The number of halogens is 1. The Hall–Kier alpha value is -4.35. The number of benzene rings is 3. The van der Waals surface area contributed by atoms with Crippen LogP contribution in [0, 0.1) is 5.82 Å². The lowest BCUT2D eigenvalue weighted by Crippen LogP contribution is -2.44. The maximum atomic E-state index is 14.1. The maximum Gasteiger partial charge on any atom is 0.240 e. The molecule has 1 N–H and O–H groups in total. The third-order valence-electron chi connectivity index (χ3n) is 7.78. The Morgan fingerprint density at radius 1 is 1.09 bits per heavy atom. The van der Waals surface area contributed by atoms with E-state index in [1.165, 1.54) is 28.8 Å². The number of nitrogens with one attached hydrogen (secondary N) is 1. The van der Waals surface area contributed by atoms with E-state index in [0.717, 1.165) is 29.5 Å². The second-order valence-corrected chi connectivity index (χ2v) is 11.7. The van der Waals surface area contributed by atoms with Crippen LogP contribution < -0.4 is 19.7 Å². The van der Waals surface area contributed by atoms with Crippen LogP contribution in [-0.2, 0) is 14.3 Å². The molecule has 44 heavy (non-hydrogen) atoms. The highest BCUT2D eigenvalue weighted by Crippen LogP contribution is 2.51. The molecule has 2 atom stereocenters. The number of carbonyl (C=O) groups is 2. The molecule has 0 bridgehead atoms. The average Bonchev–Trinajstić information content (AvgIpc) is 3.69. The highest BCUT2D eigenvalue weighted by molar-refractivity contribution is 8.00. The Balaban J connectivity index is 1.55. The number of methoxy groups -OCH3 is 2. The van der Waals surface area contributed by atoms with E-state index in [2.05, 4.69) is 5.32 Å². The Morgan fingerprint density at radius 2 is 1.89 bits per heavy atom. The molecule has 0 radical (unpaired) electrons. The van der Waals surface area contributed by atoms with Crippen molar-refractivity contribution in [2.75, 3.05) is 44.6 Å². The number of carbonyl (C=O) groups excluding carboxylic acids is 2.